The Morgan fingerprint density at radius 3 is 2.77 bits per heavy atom. The van der Waals surface area contributed by atoms with Gasteiger partial charge in [0.15, 0.2) is 0 Å². The topological polar surface area (TPSA) is 46.2 Å². The number of aliphatic hydroxyl groups is 1. The third-order valence-corrected chi connectivity index (χ3v) is 2.95. The Labute approximate surface area is 83.1 Å². The van der Waals surface area contributed by atoms with Crippen LogP contribution in [0.2, 0.25) is 0 Å². The standard InChI is InChI=1S/C10H15NOS/c11-6-3-7-13-10-5-2-1-4-9(10)8-12/h1-2,4-5,12H,3,6-8,11H2. The summed E-state index contributed by atoms with van der Waals surface area (Å²) in [7, 11) is 0. The van der Waals surface area contributed by atoms with Crippen molar-refractivity contribution in [3.8, 4) is 0 Å². The van der Waals surface area contributed by atoms with E-state index in [1.54, 1.807) is 11.8 Å². The molecule has 0 fully saturated rings. The van der Waals surface area contributed by atoms with Gasteiger partial charge in [-0.25, -0.2) is 0 Å². The third kappa shape index (κ3) is 3.38. The van der Waals surface area contributed by atoms with Crippen LogP contribution in [0.4, 0.5) is 0 Å². The molecule has 1 aromatic carbocycles. The fourth-order valence-corrected chi connectivity index (χ4v) is 2.06. The van der Waals surface area contributed by atoms with Crippen molar-refractivity contribution in [2.24, 2.45) is 5.73 Å². The lowest BCUT2D eigenvalue weighted by atomic mass is 10.2. The Kier molecular flexibility index (Phi) is 4.90. The van der Waals surface area contributed by atoms with E-state index in [-0.39, 0.29) is 6.61 Å². The fraction of sp³-hybridized carbons (Fsp3) is 0.400. The van der Waals surface area contributed by atoms with E-state index in [4.69, 9.17) is 10.8 Å². The molecule has 3 heteroatoms. The molecular weight excluding hydrogens is 182 g/mol. The van der Waals surface area contributed by atoms with Crippen molar-refractivity contribution in [3.05, 3.63) is 29.8 Å². The highest BCUT2D eigenvalue weighted by Crippen LogP contribution is 2.22. The highest BCUT2D eigenvalue weighted by atomic mass is 32.2. The number of hydrogen-bond donors (Lipinski definition) is 2. The smallest absolute Gasteiger partial charge is 0.0692 e. The van der Waals surface area contributed by atoms with Gasteiger partial charge in [0.25, 0.3) is 0 Å². The molecule has 72 valence electrons. The Morgan fingerprint density at radius 2 is 2.08 bits per heavy atom. The van der Waals surface area contributed by atoms with Crippen molar-refractivity contribution >= 4 is 11.8 Å². The number of hydrogen-bond acceptors (Lipinski definition) is 3. The van der Waals surface area contributed by atoms with Gasteiger partial charge in [0, 0.05) is 4.90 Å². The second kappa shape index (κ2) is 6.02. The Hall–Kier alpha value is -0.510. The van der Waals surface area contributed by atoms with Crippen LogP contribution in [0.15, 0.2) is 29.2 Å². The predicted molar refractivity (Wildman–Crippen MR) is 56.8 cm³/mol. The molecule has 0 heterocycles. The number of nitrogens with two attached hydrogens (primary N) is 1. The van der Waals surface area contributed by atoms with Crippen LogP contribution < -0.4 is 5.73 Å². The van der Waals surface area contributed by atoms with Crippen LogP contribution in [-0.2, 0) is 6.61 Å². The van der Waals surface area contributed by atoms with Gasteiger partial charge < -0.3 is 10.8 Å². The van der Waals surface area contributed by atoms with Crippen LogP contribution in [0.5, 0.6) is 0 Å². The molecule has 0 spiro atoms. The second-order valence-electron chi connectivity index (χ2n) is 2.76. The van der Waals surface area contributed by atoms with Crippen LogP contribution in [0.25, 0.3) is 0 Å². The maximum atomic E-state index is 9.04. The van der Waals surface area contributed by atoms with E-state index in [0.717, 1.165) is 24.3 Å². The van der Waals surface area contributed by atoms with Gasteiger partial charge in [-0.05, 0) is 30.3 Å². The van der Waals surface area contributed by atoms with E-state index >= 15 is 0 Å². The Bertz CT molecular complexity index is 252. The van der Waals surface area contributed by atoms with Crippen LogP contribution in [0, 0.1) is 0 Å². The van der Waals surface area contributed by atoms with E-state index in [0.29, 0.717) is 0 Å². The van der Waals surface area contributed by atoms with Crippen molar-refractivity contribution in [2.45, 2.75) is 17.9 Å². The zero-order valence-corrected chi connectivity index (χ0v) is 8.39. The molecule has 0 aliphatic carbocycles. The first-order chi connectivity index (χ1) is 6.38. The van der Waals surface area contributed by atoms with Crippen LogP contribution in [0.3, 0.4) is 0 Å². The molecular formula is C10H15NOS. The van der Waals surface area contributed by atoms with Gasteiger partial charge in [-0.2, -0.15) is 0 Å². The summed E-state index contributed by atoms with van der Waals surface area (Å²) < 4.78 is 0. The molecule has 3 N–H and O–H groups in total. The molecule has 0 aliphatic rings. The second-order valence-corrected chi connectivity index (χ2v) is 3.89. The highest BCUT2D eigenvalue weighted by Gasteiger charge is 1.99. The summed E-state index contributed by atoms with van der Waals surface area (Å²) >= 11 is 1.76. The zero-order chi connectivity index (χ0) is 9.52. The largest absolute Gasteiger partial charge is 0.392 e. The molecule has 1 rings (SSSR count). The maximum absolute atomic E-state index is 9.04. The highest BCUT2D eigenvalue weighted by molar-refractivity contribution is 7.99. The molecule has 0 unspecified atom stereocenters. The van der Waals surface area contributed by atoms with E-state index in [2.05, 4.69) is 0 Å². The molecule has 0 aromatic heterocycles. The molecule has 0 saturated heterocycles. The van der Waals surface area contributed by atoms with Crippen molar-refractivity contribution < 1.29 is 5.11 Å². The molecule has 0 amide bonds. The van der Waals surface area contributed by atoms with Gasteiger partial charge in [0.05, 0.1) is 6.61 Å². The first-order valence-corrected chi connectivity index (χ1v) is 5.38. The van der Waals surface area contributed by atoms with Gasteiger partial charge in [0.2, 0.25) is 0 Å². The number of thioether (sulfide) groups is 1. The number of rotatable bonds is 5. The van der Waals surface area contributed by atoms with Crippen molar-refractivity contribution in [3.63, 3.8) is 0 Å². The summed E-state index contributed by atoms with van der Waals surface area (Å²) in [6.07, 6.45) is 1.02. The van der Waals surface area contributed by atoms with E-state index in [1.165, 1.54) is 4.90 Å². The van der Waals surface area contributed by atoms with Crippen molar-refractivity contribution in [2.75, 3.05) is 12.3 Å². The molecule has 13 heavy (non-hydrogen) atoms. The summed E-state index contributed by atoms with van der Waals surface area (Å²) in [5, 5.41) is 9.04. The van der Waals surface area contributed by atoms with Gasteiger partial charge in [-0.3, -0.25) is 0 Å². The van der Waals surface area contributed by atoms with Crippen molar-refractivity contribution in [1.29, 1.82) is 0 Å². The summed E-state index contributed by atoms with van der Waals surface area (Å²) in [6, 6.07) is 7.92. The lowest BCUT2D eigenvalue weighted by molar-refractivity contribution is 0.279. The zero-order valence-electron chi connectivity index (χ0n) is 7.57. The Morgan fingerprint density at radius 1 is 1.31 bits per heavy atom. The number of aliphatic hydroxyl groups excluding tert-OH is 1. The van der Waals surface area contributed by atoms with Crippen LogP contribution >= 0.6 is 11.8 Å². The lowest BCUT2D eigenvalue weighted by Gasteiger charge is -2.05. The quantitative estimate of drug-likeness (QED) is 0.557. The SMILES string of the molecule is NCCCSc1ccccc1CO. The summed E-state index contributed by atoms with van der Waals surface area (Å²) in [5.41, 5.74) is 6.40. The van der Waals surface area contributed by atoms with Gasteiger partial charge in [-0.15, -0.1) is 11.8 Å². The first kappa shape index (κ1) is 10.6. The molecule has 0 radical (unpaired) electrons. The fourth-order valence-electron chi connectivity index (χ4n) is 1.04. The summed E-state index contributed by atoms with van der Waals surface area (Å²) in [4.78, 5) is 1.17. The molecule has 0 atom stereocenters. The van der Waals surface area contributed by atoms with Gasteiger partial charge >= 0.3 is 0 Å². The maximum Gasteiger partial charge on any atom is 0.0692 e. The predicted octanol–water partition coefficient (Wildman–Crippen LogP) is 1.62. The Balaban J connectivity index is 2.54. The van der Waals surface area contributed by atoms with E-state index in [9.17, 15) is 0 Å². The third-order valence-electron chi connectivity index (χ3n) is 1.75. The van der Waals surface area contributed by atoms with Gasteiger partial charge in [-0.1, -0.05) is 18.2 Å². The first-order valence-electron chi connectivity index (χ1n) is 4.40. The number of benzene rings is 1. The van der Waals surface area contributed by atoms with Crippen molar-refractivity contribution in [1.82, 2.24) is 0 Å². The average Bonchev–Trinajstić information content (AvgIpc) is 2.19. The normalized spacial score (nSPS) is 10.3. The monoisotopic (exact) mass is 197 g/mol. The molecule has 0 bridgehead atoms. The minimum absolute atomic E-state index is 0.117. The minimum atomic E-state index is 0.117. The van der Waals surface area contributed by atoms with Gasteiger partial charge in [0.1, 0.15) is 0 Å². The van der Waals surface area contributed by atoms with E-state index in [1.807, 2.05) is 24.3 Å². The summed E-state index contributed by atoms with van der Waals surface area (Å²) in [5.74, 6) is 1.02. The lowest BCUT2D eigenvalue weighted by Crippen LogP contribution is -1.99. The summed E-state index contributed by atoms with van der Waals surface area (Å²) in [6.45, 7) is 0.847. The average molecular weight is 197 g/mol. The van der Waals surface area contributed by atoms with Crippen LogP contribution in [0.1, 0.15) is 12.0 Å². The molecule has 2 nitrogen and oxygen atoms in total. The molecule has 1 aromatic rings. The molecule has 0 aliphatic heterocycles. The minimum Gasteiger partial charge on any atom is -0.392 e. The molecule has 0 saturated carbocycles. The van der Waals surface area contributed by atoms with Crippen LogP contribution in [-0.4, -0.2) is 17.4 Å². The van der Waals surface area contributed by atoms with E-state index < -0.39 is 0 Å².